The fraction of sp³-hybridized carbons (Fsp3) is 0.220. The zero-order valence-electron chi connectivity index (χ0n) is 28.1. The van der Waals surface area contributed by atoms with Crippen molar-refractivity contribution >= 4 is 39.5 Å². The van der Waals surface area contributed by atoms with Gasteiger partial charge in [-0.15, -0.1) is 0 Å². The number of imidazole rings is 1. The number of benzene rings is 5. The number of amidine groups is 1. The van der Waals surface area contributed by atoms with Gasteiger partial charge in [-0.1, -0.05) is 91.0 Å². The Morgan fingerprint density at radius 1 is 0.780 bits per heavy atom. The number of nitrogens with two attached hydrogens (primary N) is 2. The number of amides is 2. The minimum atomic E-state index is -0.0895. The highest BCUT2D eigenvalue weighted by Crippen LogP contribution is 2.23. The summed E-state index contributed by atoms with van der Waals surface area (Å²) in [5.41, 5.74) is 17.7. The van der Waals surface area contributed by atoms with Gasteiger partial charge in [0.05, 0.1) is 17.5 Å². The zero-order valence-corrected chi connectivity index (χ0v) is 28.1. The molecule has 1 aromatic heterocycles. The summed E-state index contributed by atoms with van der Waals surface area (Å²) in [5, 5.41) is 13.0. The van der Waals surface area contributed by atoms with Crippen LogP contribution in [0.25, 0.3) is 21.8 Å². The van der Waals surface area contributed by atoms with Crippen LogP contribution in [0.1, 0.15) is 44.9 Å². The Hall–Kier alpha value is -5.80. The van der Waals surface area contributed by atoms with Crippen LogP contribution in [0, 0.1) is 5.41 Å². The summed E-state index contributed by atoms with van der Waals surface area (Å²) in [7, 11) is 0. The number of nitrogens with zero attached hydrogens (tertiary/aromatic N) is 3. The largest absolute Gasteiger partial charge is 0.384 e. The Labute approximate surface area is 292 Å². The van der Waals surface area contributed by atoms with Crippen molar-refractivity contribution in [1.82, 2.24) is 19.8 Å². The molecule has 0 saturated heterocycles. The van der Waals surface area contributed by atoms with Crippen molar-refractivity contribution in [3.8, 4) is 0 Å². The smallest absolute Gasteiger partial charge is 0.254 e. The van der Waals surface area contributed by atoms with Crippen molar-refractivity contribution < 1.29 is 9.59 Å². The molecule has 0 fully saturated rings. The molecule has 0 aliphatic carbocycles. The third kappa shape index (κ3) is 8.43. The first-order chi connectivity index (χ1) is 24.4. The second-order valence-electron chi connectivity index (χ2n) is 12.6. The van der Waals surface area contributed by atoms with Crippen LogP contribution in [0.15, 0.2) is 115 Å². The molecule has 0 unspecified atom stereocenters. The minimum absolute atomic E-state index is 0.00482. The molecule has 0 bridgehead atoms. The molecule has 0 aliphatic heterocycles. The van der Waals surface area contributed by atoms with E-state index in [4.69, 9.17) is 21.9 Å². The number of aryl methyl sites for hydroxylation is 3. The number of fused-ring (bicyclic) bond motifs is 2. The standard InChI is InChI=1S/C41H43N7O2/c42-21-24-47(28-31-13-15-32-9-4-5-10-34(32)25-31)41(50)35-18-19-37-36(27-35)46-38(20-14-29-11-16-33(17-12-29)40(43)44)48(37)23-6-22-45-39(49)26-30-7-2-1-3-8-30/h1-5,7-13,15-19,25,27H,6,14,20-24,26,28,42H2,(H3,43,44)(H,45,49). The lowest BCUT2D eigenvalue weighted by atomic mass is 10.1. The predicted molar refractivity (Wildman–Crippen MR) is 200 cm³/mol. The number of rotatable bonds is 15. The molecule has 50 heavy (non-hydrogen) atoms. The number of hydrogen-bond donors (Lipinski definition) is 4. The SMILES string of the molecule is N=C(N)c1ccc(CCc2nc3cc(C(=O)N(CCN)Cc4ccc5ccccc5c4)ccc3n2CCCNC(=O)Cc2ccccc2)cc1. The molecule has 0 saturated carbocycles. The molecule has 6 rings (SSSR count). The predicted octanol–water partition coefficient (Wildman–Crippen LogP) is 5.61. The van der Waals surface area contributed by atoms with Crippen molar-refractivity contribution in [3.05, 3.63) is 149 Å². The Morgan fingerprint density at radius 3 is 2.26 bits per heavy atom. The Morgan fingerprint density at radius 2 is 1.50 bits per heavy atom. The van der Waals surface area contributed by atoms with Gasteiger partial charge in [-0.2, -0.15) is 0 Å². The van der Waals surface area contributed by atoms with Crippen molar-refractivity contribution in [2.24, 2.45) is 11.5 Å². The first kappa shape index (κ1) is 34.1. The highest BCUT2D eigenvalue weighted by atomic mass is 16.2. The molecule has 5 aromatic carbocycles. The third-order valence-corrected chi connectivity index (χ3v) is 8.94. The first-order valence-corrected chi connectivity index (χ1v) is 17.1. The molecular formula is C41H43N7O2. The van der Waals surface area contributed by atoms with Crippen molar-refractivity contribution in [1.29, 1.82) is 5.41 Å². The van der Waals surface area contributed by atoms with Gasteiger partial charge in [0.1, 0.15) is 11.7 Å². The summed E-state index contributed by atoms with van der Waals surface area (Å²) in [6.45, 7) is 2.44. The first-order valence-electron chi connectivity index (χ1n) is 17.1. The Balaban J connectivity index is 1.20. The van der Waals surface area contributed by atoms with Gasteiger partial charge in [-0.05, 0) is 64.6 Å². The van der Waals surface area contributed by atoms with Gasteiger partial charge in [0, 0.05) is 50.3 Å². The van der Waals surface area contributed by atoms with Gasteiger partial charge in [0.2, 0.25) is 5.91 Å². The van der Waals surface area contributed by atoms with Crippen LogP contribution in [0.5, 0.6) is 0 Å². The molecule has 9 heteroatoms. The lowest BCUT2D eigenvalue weighted by Gasteiger charge is -2.22. The molecule has 0 aliphatic rings. The summed E-state index contributed by atoms with van der Waals surface area (Å²) < 4.78 is 2.20. The van der Waals surface area contributed by atoms with Crippen molar-refractivity contribution in [3.63, 3.8) is 0 Å². The number of carbonyl (C=O) groups excluding carboxylic acids is 2. The number of nitrogen functional groups attached to an aromatic ring is 1. The topological polar surface area (TPSA) is 143 Å². The molecule has 9 nitrogen and oxygen atoms in total. The van der Waals surface area contributed by atoms with Gasteiger partial charge in [-0.3, -0.25) is 15.0 Å². The second kappa shape index (κ2) is 16.1. The van der Waals surface area contributed by atoms with Gasteiger partial charge in [-0.25, -0.2) is 4.98 Å². The van der Waals surface area contributed by atoms with Gasteiger partial charge in [0.25, 0.3) is 5.91 Å². The molecule has 0 atom stereocenters. The number of hydrogen-bond acceptors (Lipinski definition) is 5. The van der Waals surface area contributed by atoms with E-state index < -0.39 is 0 Å². The van der Waals surface area contributed by atoms with Crippen LogP contribution in [0.3, 0.4) is 0 Å². The van der Waals surface area contributed by atoms with Crippen LogP contribution in [-0.2, 0) is 37.1 Å². The fourth-order valence-corrected chi connectivity index (χ4v) is 6.32. The second-order valence-corrected chi connectivity index (χ2v) is 12.6. The van der Waals surface area contributed by atoms with Crippen molar-refractivity contribution in [2.45, 2.75) is 38.8 Å². The maximum Gasteiger partial charge on any atom is 0.254 e. The molecule has 2 amide bonds. The van der Waals surface area contributed by atoms with Gasteiger partial charge in [0.15, 0.2) is 0 Å². The molecule has 0 spiro atoms. The molecule has 1 heterocycles. The van der Waals surface area contributed by atoms with Crippen molar-refractivity contribution in [2.75, 3.05) is 19.6 Å². The lowest BCUT2D eigenvalue weighted by Crippen LogP contribution is -2.34. The summed E-state index contributed by atoms with van der Waals surface area (Å²) >= 11 is 0. The normalized spacial score (nSPS) is 11.1. The van der Waals surface area contributed by atoms with E-state index in [1.807, 2.05) is 84.9 Å². The third-order valence-electron chi connectivity index (χ3n) is 8.94. The fourth-order valence-electron chi connectivity index (χ4n) is 6.32. The van der Waals surface area contributed by atoms with E-state index in [9.17, 15) is 9.59 Å². The molecule has 254 valence electrons. The van der Waals surface area contributed by atoms with E-state index >= 15 is 0 Å². The Kier molecular flexibility index (Phi) is 10.9. The maximum absolute atomic E-state index is 13.9. The van der Waals surface area contributed by atoms with E-state index in [1.54, 1.807) is 4.90 Å². The number of aromatic nitrogens is 2. The number of nitrogens with one attached hydrogen (secondary N) is 2. The highest BCUT2D eigenvalue weighted by molar-refractivity contribution is 5.97. The minimum Gasteiger partial charge on any atom is -0.384 e. The van der Waals surface area contributed by atoms with E-state index in [2.05, 4.69) is 40.2 Å². The van der Waals surface area contributed by atoms with Crippen LogP contribution in [0.2, 0.25) is 0 Å². The van der Waals surface area contributed by atoms with Crippen LogP contribution >= 0.6 is 0 Å². The maximum atomic E-state index is 13.9. The van der Waals surface area contributed by atoms with E-state index in [0.29, 0.717) is 56.7 Å². The Bertz CT molecular complexity index is 2110. The van der Waals surface area contributed by atoms with Crippen LogP contribution in [0.4, 0.5) is 0 Å². The molecule has 6 aromatic rings. The monoisotopic (exact) mass is 665 g/mol. The summed E-state index contributed by atoms with van der Waals surface area (Å²) in [5.74, 6) is 0.857. The average molecular weight is 666 g/mol. The van der Waals surface area contributed by atoms with E-state index in [-0.39, 0.29) is 17.6 Å². The van der Waals surface area contributed by atoms with Crippen LogP contribution in [-0.4, -0.2) is 51.7 Å². The van der Waals surface area contributed by atoms with E-state index in [0.717, 1.165) is 57.2 Å². The lowest BCUT2D eigenvalue weighted by molar-refractivity contribution is -0.120. The average Bonchev–Trinajstić information content (AvgIpc) is 3.49. The zero-order chi connectivity index (χ0) is 34.9. The summed E-state index contributed by atoms with van der Waals surface area (Å²) in [4.78, 5) is 33.3. The summed E-state index contributed by atoms with van der Waals surface area (Å²) in [6, 6.07) is 37.6. The molecule has 0 radical (unpaired) electrons. The summed E-state index contributed by atoms with van der Waals surface area (Å²) in [6.07, 6.45) is 2.50. The number of carbonyl (C=O) groups is 2. The molecular weight excluding hydrogens is 622 g/mol. The quantitative estimate of drug-likeness (QED) is 0.0641. The highest BCUT2D eigenvalue weighted by Gasteiger charge is 2.19. The van der Waals surface area contributed by atoms with Gasteiger partial charge >= 0.3 is 0 Å². The van der Waals surface area contributed by atoms with E-state index in [1.165, 1.54) is 0 Å². The van der Waals surface area contributed by atoms with Gasteiger partial charge < -0.3 is 26.3 Å². The van der Waals surface area contributed by atoms with Crippen LogP contribution < -0.4 is 16.8 Å². The molecule has 6 N–H and O–H groups in total.